The standard InChI is InChI=1S/C31H38N4O5S/c1-19(2)13-23(32-24-16-31(17-24)11-12-31)18-40-27-15-26(28-20(3)7-5-8-21(28)4)33-30(34-27)35-41(38,39)25-10-6-9-22(14-25)29(36)37/h5-10,14-15,19,23-24,32H,11-13,16-18H2,1-4H3,(H,36,37)(H,33,34,35)/t23-/m1/s1/i11D2/t23-,24?,31?. The summed E-state index contributed by atoms with van der Waals surface area (Å²) < 4.78 is 51.2. The Morgan fingerprint density at radius 3 is 2.46 bits per heavy atom. The van der Waals surface area contributed by atoms with Crippen LogP contribution in [0.1, 0.15) is 70.1 Å². The van der Waals surface area contributed by atoms with E-state index >= 15 is 0 Å². The second kappa shape index (κ2) is 11.4. The second-order valence-corrected chi connectivity index (χ2v) is 13.3. The number of carboxylic acids is 1. The number of aryl methyl sites for hydroxylation is 2. The van der Waals surface area contributed by atoms with E-state index in [1.807, 2.05) is 32.0 Å². The predicted octanol–water partition coefficient (Wildman–Crippen LogP) is 5.59. The lowest BCUT2D eigenvalue weighted by Crippen LogP contribution is -2.49. The number of benzene rings is 2. The van der Waals surface area contributed by atoms with Crippen LogP contribution in [0.25, 0.3) is 11.3 Å². The number of rotatable bonds is 12. The van der Waals surface area contributed by atoms with Gasteiger partial charge in [0.2, 0.25) is 11.8 Å². The molecule has 3 N–H and O–H groups in total. The summed E-state index contributed by atoms with van der Waals surface area (Å²) in [5, 5.41) is 13.0. The van der Waals surface area contributed by atoms with Crippen molar-refractivity contribution in [3.05, 3.63) is 65.2 Å². The number of aromatic carboxylic acids is 1. The van der Waals surface area contributed by atoms with E-state index in [2.05, 4.69) is 33.9 Å². The maximum atomic E-state index is 13.3. The molecule has 9 nitrogen and oxygen atoms in total. The van der Waals surface area contributed by atoms with Gasteiger partial charge in [-0.15, -0.1) is 0 Å². The van der Waals surface area contributed by atoms with E-state index in [4.69, 9.17) is 7.48 Å². The monoisotopic (exact) mass is 580 g/mol. The fraction of sp³-hybridized carbons (Fsp3) is 0.452. The third-order valence-electron chi connectivity index (χ3n) is 7.67. The minimum atomic E-state index is -4.22. The molecule has 1 heterocycles. The van der Waals surface area contributed by atoms with Gasteiger partial charge in [-0.1, -0.05) is 38.1 Å². The summed E-state index contributed by atoms with van der Waals surface area (Å²) in [5.74, 6) is -0.842. The number of nitrogens with zero attached hydrogens (tertiary/aromatic N) is 2. The Hall–Kier alpha value is -3.50. The number of hydrogen-bond acceptors (Lipinski definition) is 7. The average molecular weight is 581 g/mol. The summed E-state index contributed by atoms with van der Waals surface area (Å²) >= 11 is 0. The van der Waals surface area contributed by atoms with Crippen molar-refractivity contribution >= 4 is 21.9 Å². The molecule has 0 unspecified atom stereocenters. The topological polar surface area (TPSA) is 131 Å². The van der Waals surface area contributed by atoms with Crippen LogP contribution in [0.5, 0.6) is 5.88 Å². The van der Waals surface area contributed by atoms with E-state index in [9.17, 15) is 18.3 Å². The van der Waals surface area contributed by atoms with Crippen molar-refractivity contribution in [2.24, 2.45) is 11.3 Å². The van der Waals surface area contributed by atoms with Gasteiger partial charge in [0.25, 0.3) is 10.0 Å². The number of carboxylic acid groups (broad SMARTS) is 1. The van der Waals surface area contributed by atoms with Crippen LogP contribution < -0.4 is 14.8 Å². The molecule has 1 atom stereocenters. The second-order valence-electron chi connectivity index (χ2n) is 11.7. The number of aromatic nitrogens is 2. The molecule has 1 spiro atoms. The van der Waals surface area contributed by atoms with Crippen molar-refractivity contribution in [1.29, 1.82) is 0 Å². The molecule has 0 amide bonds. The first kappa shape index (κ1) is 26.4. The normalized spacial score (nSPS) is 22.4. The predicted molar refractivity (Wildman–Crippen MR) is 158 cm³/mol. The maximum Gasteiger partial charge on any atom is 0.335 e. The molecule has 0 saturated heterocycles. The Kier molecular flexibility index (Phi) is 7.35. The van der Waals surface area contributed by atoms with Crippen molar-refractivity contribution in [1.82, 2.24) is 15.3 Å². The van der Waals surface area contributed by atoms with Gasteiger partial charge < -0.3 is 15.2 Å². The summed E-state index contributed by atoms with van der Waals surface area (Å²) in [6.45, 7) is 8.44. The van der Waals surface area contributed by atoms with Crippen LogP contribution in [0.3, 0.4) is 0 Å². The molecule has 2 aliphatic carbocycles. The van der Waals surface area contributed by atoms with Gasteiger partial charge in [-0.2, -0.15) is 4.98 Å². The van der Waals surface area contributed by atoms with E-state index in [-0.39, 0.29) is 46.4 Å². The van der Waals surface area contributed by atoms with Crippen molar-refractivity contribution in [3.63, 3.8) is 0 Å². The van der Waals surface area contributed by atoms with Gasteiger partial charge in [0.15, 0.2) is 0 Å². The molecule has 0 aliphatic heterocycles. The van der Waals surface area contributed by atoms with Crippen LogP contribution in [-0.4, -0.2) is 48.2 Å². The molecule has 0 radical (unpaired) electrons. The lowest BCUT2D eigenvalue weighted by Gasteiger charge is -2.39. The van der Waals surface area contributed by atoms with Crippen molar-refractivity contribution < 1.29 is 25.8 Å². The third kappa shape index (κ3) is 6.87. The molecule has 2 aliphatic rings. The summed E-state index contributed by atoms with van der Waals surface area (Å²) in [6, 6.07) is 12.8. The zero-order valence-electron chi connectivity index (χ0n) is 25.8. The smallest absolute Gasteiger partial charge is 0.335 e. The Morgan fingerprint density at radius 1 is 1.15 bits per heavy atom. The number of nitrogens with one attached hydrogen (secondary N) is 2. The van der Waals surface area contributed by atoms with Gasteiger partial charge in [0.05, 0.1) is 16.2 Å². The fourth-order valence-corrected chi connectivity index (χ4v) is 6.54. The Bertz CT molecular complexity index is 1620. The molecule has 0 bridgehead atoms. The number of anilines is 1. The number of carbonyl (C=O) groups is 1. The van der Waals surface area contributed by atoms with Crippen LogP contribution in [-0.2, 0) is 10.0 Å². The molecule has 218 valence electrons. The number of sulfonamides is 1. The van der Waals surface area contributed by atoms with Crippen LogP contribution in [0.15, 0.2) is 53.4 Å². The van der Waals surface area contributed by atoms with Gasteiger partial charge in [-0.25, -0.2) is 22.9 Å². The zero-order valence-corrected chi connectivity index (χ0v) is 24.6. The highest BCUT2D eigenvalue weighted by atomic mass is 32.2. The lowest BCUT2D eigenvalue weighted by atomic mass is 9.76. The SMILES string of the molecule is [2H]C1([2H])CC12CC(N[C@@H](COc1cc(-c3c(C)cccc3C)nc(NS(=O)(=O)c3cccc(C(=O)O)c3)n1)CC(C)C)C2. The summed E-state index contributed by atoms with van der Waals surface area (Å²) in [5.41, 5.74) is 2.89. The molecule has 3 aromatic rings. The fourth-order valence-electron chi connectivity index (χ4n) is 5.55. The van der Waals surface area contributed by atoms with E-state index < -0.39 is 22.4 Å². The van der Waals surface area contributed by atoms with Crippen molar-refractivity contribution in [2.75, 3.05) is 11.3 Å². The van der Waals surface area contributed by atoms with E-state index in [0.717, 1.165) is 42.0 Å². The average Bonchev–Trinajstić information content (AvgIpc) is 3.48. The molecule has 10 heteroatoms. The quantitative estimate of drug-likeness (QED) is 0.253. The summed E-state index contributed by atoms with van der Waals surface area (Å²) in [4.78, 5) is 20.1. The molecular weight excluding hydrogens is 540 g/mol. The van der Waals surface area contributed by atoms with E-state index in [1.54, 1.807) is 6.07 Å². The zero-order chi connectivity index (χ0) is 31.2. The first-order chi connectivity index (χ1) is 20.2. The molecule has 2 aromatic carbocycles. The maximum absolute atomic E-state index is 13.3. The van der Waals surface area contributed by atoms with E-state index in [1.165, 1.54) is 18.2 Å². The molecule has 1 aromatic heterocycles. The highest BCUT2D eigenvalue weighted by molar-refractivity contribution is 7.92. The highest BCUT2D eigenvalue weighted by Gasteiger charge is 2.53. The molecule has 41 heavy (non-hydrogen) atoms. The van der Waals surface area contributed by atoms with E-state index in [0.29, 0.717) is 18.0 Å². The van der Waals surface area contributed by atoms with Crippen LogP contribution in [0.2, 0.25) is 0 Å². The lowest BCUT2D eigenvalue weighted by molar-refractivity contribution is 0.0696. The van der Waals surface area contributed by atoms with Crippen molar-refractivity contribution in [2.45, 2.75) is 76.7 Å². The Morgan fingerprint density at radius 2 is 1.83 bits per heavy atom. The minimum absolute atomic E-state index is 0.00974. The van der Waals surface area contributed by atoms with Crippen molar-refractivity contribution in [3.8, 4) is 17.1 Å². The van der Waals surface area contributed by atoms with Gasteiger partial charge in [-0.3, -0.25) is 0 Å². The summed E-state index contributed by atoms with van der Waals surface area (Å²) in [7, 11) is -4.22. The van der Waals surface area contributed by atoms with Crippen LogP contribution in [0, 0.1) is 25.2 Å². The molecular formula is C31H38N4O5S. The molecule has 2 fully saturated rings. The first-order valence-corrected chi connectivity index (χ1v) is 15.4. The Balaban J connectivity index is 1.40. The highest BCUT2D eigenvalue weighted by Crippen LogP contribution is 2.60. The summed E-state index contributed by atoms with van der Waals surface area (Å²) in [6.07, 6.45) is 2.04. The number of hydrogen-bond donors (Lipinski definition) is 3. The Labute approximate surface area is 244 Å². The van der Waals surface area contributed by atoms with Gasteiger partial charge in [-0.05, 0) is 86.6 Å². The third-order valence-corrected chi connectivity index (χ3v) is 8.99. The largest absolute Gasteiger partial charge is 0.478 e. The number of ether oxygens (including phenoxy) is 1. The molecule has 2 saturated carbocycles. The van der Waals surface area contributed by atoms with Gasteiger partial charge in [0.1, 0.15) is 6.61 Å². The van der Waals surface area contributed by atoms with Crippen LogP contribution >= 0.6 is 0 Å². The minimum Gasteiger partial charge on any atom is -0.478 e. The van der Waals surface area contributed by atoms with Gasteiger partial charge in [0, 0.05) is 26.5 Å². The van der Waals surface area contributed by atoms with Gasteiger partial charge >= 0.3 is 5.97 Å². The van der Waals surface area contributed by atoms with Crippen LogP contribution in [0.4, 0.5) is 5.95 Å². The molecule has 5 rings (SSSR count). The first-order valence-electron chi connectivity index (χ1n) is 14.9.